The van der Waals surface area contributed by atoms with Gasteiger partial charge in [0.15, 0.2) is 0 Å². The third-order valence-electron chi connectivity index (χ3n) is 5.90. The van der Waals surface area contributed by atoms with Crippen LogP contribution in [-0.4, -0.2) is 7.85 Å². The molecule has 24 heavy (non-hydrogen) atoms. The number of allylic oxidation sites excluding steroid dienone is 3. The molecule has 1 aromatic carbocycles. The van der Waals surface area contributed by atoms with Crippen LogP contribution in [0.2, 0.25) is 0 Å². The molecule has 1 aromatic rings. The lowest BCUT2D eigenvalue weighted by Gasteiger charge is -2.33. The average Bonchev–Trinajstić information content (AvgIpc) is 3.26. The zero-order chi connectivity index (χ0) is 18.0. The van der Waals surface area contributed by atoms with Crippen LogP contribution in [0.3, 0.4) is 0 Å². The van der Waals surface area contributed by atoms with Crippen molar-refractivity contribution in [2.45, 2.75) is 78.1 Å². The van der Waals surface area contributed by atoms with Gasteiger partial charge in [0.05, 0.1) is 0 Å². The molecule has 1 fully saturated rings. The lowest BCUT2D eigenvalue weighted by Crippen LogP contribution is -2.24. The molecule has 0 bridgehead atoms. The summed E-state index contributed by atoms with van der Waals surface area (Å²) in [5.41, 5.74) is 6.46. The van der Waals surface area contributed by atoms with Crippen molar-refractivity contribution in [1.29, 1.82) is 0 Å². The second kappa shape index (κ2) is 7.34. The molecule has 2 radical (unpaired) electrons. The van der Waals surface area contributed by atoms with E-state index in [4.69, 9.17) is 7.85 Å². The summed E-state index contributed by atoms with van der Waals surface area (Å²) in [7, 11) is 5.55. The van der Waals surface area contributed by atoms with Crippen molar-refractivity contribution in [2.75, 3.05) is 0 Å². The quantitative estimate of drug-likeness (QED) is 0.457. The van der Waals surface area contributed by atoms with E-state index in [1.54, 1.807) is 17.1 Å². The first-order valence-electron chi connectivity index (χ1n) is 9.57. The molecule has 0 aromatic heterocycles. The van der Waals surface area contributed by atoms with Gasteiger partial charge in [-0.1, -0.05) is 70.5 Å². The van der Waals surface area contributed by atoms with Gasteiger partial charge in [0, 0.05) is 0 Å². The summed E-state index contributed by atoms with van der Waals surface area (Å²) in [6.45, 7) is 13.3. The topological polar surface area (TPSA) is 0 Å². The van der Waals surface area contributed by atoms with Crippen LogP contribution in [0.4, 0.5) is 0 Å². The molecule has 0 nitrogen and oxygen atoms in total. The maximum absolute atomic E-state index is 5.55. The number of aryl methyl sites for hydroxylation is 1. The second-order valence-corrected chi connectivity index (χ2v) is 8.11. The van der Waals surface area contributed by atoms with Crippen molar-refractivity contribution in [2.24, 2.45) is 5.92 Å². The third-order valence-corrected chi connectivity index (χ3v) is 5.90. The van der Waals surface area contributed by atoms with E-state index >= 15 is 0 Å². The first-order chi connectivity index (χ1) is 11.4. The molecule has 0 saturated heterocycles. The Balaban J connectivity index is 0.00000100. The zero-order valence-corrected chi connectivity index (χ0v) is 16.4. The van der Waals surface area contributed by atoms with E-state index in [0.29, 0.717) is 16.7 Å². The molecule has 1 heteroatoms. The van der Waals surface area contributed by atoms with Gasteiger partial charge in [-0.25, -0.2) is 0 Å². The number of fused-ring (bicyclic) bond motifs is 1. The standard InChI is InChI=1S/C21H27B.C2H6/c1-15(14-22)7-9-18-13-21(18,4)17-10-8-16-6-5-11-20(2,3)19(16)12-17;1-2/h7-10,12,14,18H,5-6,11,13H2,1-4H3;1-2H3. The SMILES string of the molecule is CC.[B]C=C(C)C=CC1CC1(C)c1ccc2c(c1)C(C)(C)CCC2. The Kier molecular flexibility index (Phi) is 5.84. The predicted molar refractivity (Wildman–Crippen MR) is 108 cm³/mol. The summed E-state index contributed by atoms with van der Waals surface area (Å²) in [5, 5.41) is 0. The smallest absolute Gasteiger partial charge is 0.103 e. The van der Waals surface area contributed by atoms with Gasteiger partial charge in [-0.2, -0.15) is 0 Å². The molecule has 0 amide bonds. The van der Waals surface area contributed by atoms with Crippen molar-refractivity contribution in [1.82, 2.24) is 0 Å². The molecule has 1 saturated carbocycles. The number of benzene rings is 1. The third kappa shape index (κ3) is 3.71. The van der Waals surface area contributed by atoms with Gasteiger partial charge in [-0.05, 0) is 66.0 Å². The Morgan fingerprint density at radius 1 is 1.21 bits per heavy atom. The van der Waals surface area contributed by atoms with Crippen molar-refractivity contribution in [3.05, 3.63) is 58.6 Å². The van der Waals surface area contributed by atoms with E-state index in [0.717, 1.165) is 5.57 Å². The molecule has 2 atom stereocenters. The molecule has 0 spiro atoms. The van der Waals surface area contributed by atoms with Gasteiger partial charge in [-0.15, -0.1) is 5.98 Å². The summed E-state index contributed by atoms with van der Waals surface area (Å²) in [5.74, 6) is 2.32. The number of hydrogen-bond acceptors (Lipinski definition) is 0. The lowest BCUT2D eigenvalue weighted by atomic mass is 9.71. The highest BCUT2D eigenvalue weighted by Gasteiger charge is 2.49. The fraction of sp³-hybridized carbons (Fsp3) is 0.565. The monoisotopic (exact) mass is 320 g/mol. The van der Waals surface area contributed by atoms with Crippen molar-refractivity contribution < 1.29 is 0 Å². The van der Waals surface area contributed by atoms with Gasteiger partial charge < -0.3 is 0 Å². The molecular weight excluding hydrogens is 287 g/mol. The first-order valence-corrected chi connectivity index (χ1v) is 9.57. The Morgan fingerprint density at radius 2 is 1.92 bits per heavy atom. The highest BCUT2D eigenvalue weighted by Crippen LogP contribution is 2.55. The van der Waals surface area contributed by atoms with Crippen LogP contribution >= 0.6 is 0 Å². The zero-order valence-electron chi connectivity index (χ0n) is 16.4. The minimum absolute atomic E-state index is 0.313. The van der Waals surface area contributed by atoms with Crippen molar-refractivity contribution in [3.63, 3.8) is 0 Å². The summed E-state index contributed by atoms with van der Waals surface area (Å²) >= 11 is 0. The van der Waals surface area contributed by atoms with Gasteiger partial charge in [0.2, 0.25) is 0 Å². The molecule has 0 N–H and O–H groups in total. The first kappa shape index (κ1) is 19.1. The van der Waals surface area contributed by atoms with Crippen LogP contribution in [0.15, 0.2) is 41.9 Å². The predicted octanol–water partition coefficient (Wildman–Crippen LogP) is 6.23. The Morgan fingerprint density at radius 3 is 2.58 bits per heavy atom. The molecular formula is C23H33B. The van der Waals surface area contributed by atoms with E-state index in [2.05, 4.69) is 58.0 Å². The summed E-state index contributed by atoms with van der Waals surface area (Å²) in [6.07, 6.45) is 9.64. The van der Waals surface area contributed by atoms with E-state index in [1.165, 1.54) is 31.2 Å². The summed E-state index contributed by atoms with van der Waals surface area (Å²) in [4.78, 5) is 0. The maximum Gasteiger partial charge on any atom is 0.103 e. The molecule has 2 unspecified atom stereocenters. The van der Waals surface area contributed by atoms with E-state index in [1.807, 2.05) is 13.8 Å². The van der Waals surface area contributed by atoms with E-state index in [9.17, 15) is 0 Å². The summed E-state index contributed by atoms with van der Waals surface area (Å²) in [6, 6.07) is 7.27. The molecule has 2 aliphatic carbocycles. The lowest BCUT2D eigenvalue weighted by molar-refractivity contribution is 0.431. The Hall–Kier alpha value is -1.24. The van der Waals surface area contributed by atoms with Crippen molar-refractivity contribution in [3.8, 4) is 0 Å². The Bertz CT molecular complexity index is 635. The van der Waals surface area contributed by atoms with Gasteiger partial charge >= 0.3 is 0 Å². The van der Waals surface area contributed by atoms with E-state index < -0.39 is 0 Å². The summed E-state index contributed by atoms with van der Waals surface area (Å²) < 4.78 is 0. The second-order valence-electron chi connectivity index (χ2n) is 8.11. The van der Waals surface area contributed by atoms with Crippen molar-refractivity contribution >= 4 is 7.85 Å². The number of rotatable bonds is 3. The fourth-order valence-electron chi connectivity index (χ4n) is 3.97. The van der Waals surface area contributed by atoms with E-state index in [-0.39, 0.29) is 0 Å². The van der Waals surface area contributed by atoms with Crippen LogP contribution in [-0.2, 0) is 17.3 Å². The largest absolute Gasteiger partial charge is 0.129 e. The van der Waals surface area contributed by atoms with Gasteiger partial charge in [-0.3, -0.25) is 0 Å². The average molecular weight is 320 g/mol. The fourth-order valence-corrected chi connectivity index (χ4v) is 3.97. The minimum Gasteiger partial charge on any atom is -0.129 e. The van der Waals surface area contributed by atoms with Gasteiger partial charge in [0.1, 0.15) is 7.85 Å². The van der Waals surface area contributed by atoms with Crippen LogP contribution in [0.1, 0.15) is 77.5 Å². The molecule has 3 rings (SSSR count). The van der Waals surface area contributed by atoms with Crippen LogP contribution in [0.25, 0.3) is 0 Å². The number of hydrogen-bond donors (Lipinski definition) is 0. The van der Waals surface area contributed by atoms with Crippen LogP contribution in [0, 0.1) is 5.92 Å². The molecule has 0 heterocycles. The Labute approximate surface area is 150 Å². The molecule has 0 aliphatic heterocycles. The van der Waals surface area contributed by atoms with Crippen LogP contribution < -0.4 is 0 Å². The van der Waals surface area contributed by atoms with Gasteiger partial charge in [0.25, 0.3) is 0 Å². The highest BCUT2D eigenvalue weighted by atomic mass is 14.5. The maximum atomic E-state index is 5.55. The molecule has 2 aliphatic rings. The highest BCUT2D eigenvalue weighted by molar-refractivity contribution is 6.17. The van der Waals surface area contributed by atoms with Crippen LogP contribution in [0.5, 0.6) is 0 Å². The minimum atomic E-state index is 0.313. The molecule has 128 valence electrons. The normalized spacial score (nSPS) is 28.1.